The fourth-order valence-electron chi connectivity index (χ4n) is 2.80. The van der Waals surface area contributed by atoms with Gasteiger partial charge in [0.25, 0.3) is 0 Å². The van der Waals surface area contributed by atoms with Gasteiger partial charge in [0.05, 0.1) is 0 Å². The third-order valence-corrected chi connectivity index (χ3v) is 3.93. The average molecular weight is 269 g/mol. The van der Waals surface area contributed by atoms with Crippen LogP contribution in [0.4, 0.5) is 0 Å². The fraction of sp³-hybridized carbons (Fsp3) is 0.375. The van der Waals surface area contributed by atoms with Gasteiger partial charge in [0.2, 0.25) is 5.91 Å². The van der Waals surface area contributed by atoms with E-state index in [1.165, 1.54) is 11.1 Å². The molecule has 2 aromatic rings. The molecule has 4 nitrogen and oxygen atoms in total. The second kappa shape index (κ2) is 5.90. The van der Waals surface area contributed by atoms with Gasteiger partial charge in [-0.05, 0) is 30.4 Å². The van der Waals surface area contributed by atoms with Crippen molar-refractivity contribution >= 4 is 5.91 Å². The van der Waals surface area contributed by atoms with E-state index >= 15 is 0 Å². The molecule has 104 valence electrons. The molecule has 0 aliphatic heterocycles. The number of imidazole rings is 1. The minimum Gasteiger partial charge on any atom is -0.355 e. The highest BCUT2D eigenvalue weighted by molar-refractivity contribution is 5.79. The Balaban J connectivity index is 1.51. The van der Waals surface area contributed by atoms with Crippen molar-refractivity contribution in [2.24, 2.45) is 5.92 Å². The maximum atomic E-state index is 12.2. The molecule has 4 heteroatoms. The molecule has 1 heterocycles. The van der Waals surface area contributed by atoms with Crippen LogP contribution >= 0.6 is 0 Å². The SMILES string of the molecule is O=C(NCCc1ncc[nH]1)C1CCc2ccccc2C1. The first-order chi connectivity index (χ1) is 9.83. The molecule has 1 atom stereocenters. The van der Waals surface area contributed by atoms with Crippen molar-refractivity contribution in [3.8, 4) is 0 Å². The maximum Gasteiger partial charge on any atom is 0.223 e. The minimum absolute atomic E-state index is 0.113. The largest absolute Gasteiger partial charge is 0.355 e. The molecule has 0 spiro atoms. The molecule has 1 unspecified atom stereocenters. The summed E-state index contributed by atoms with van der Waals surface area (Å²) in [6, 6.07) is 8.43. The Morgan fingerprint density at radius 1 is 1.35 bits per heavy atom. The van der Waals surface area contributed by atoms with Crippen molar-refractivity contribution in [2.45, 2.75) is 25.7 Å². The third-order valence-electron chi connectivity index (χ3n) is 3.93. The van der Waals surface area contributed by atoms with E-state index in [2.05, 4.69) is 39.6 Å². The summed E-state index contributed by atoms with van der Waals surface area (Å²) in [6.45, 7) is 0.643. The van der Waals surface area contributed by atoms with Crippen molar-refractivity contribution < 1.29 is 4.79 Å². The minimum atomic E-state index is 0.113. The van der Waals surface area contributed by atoms with Crippen molar-refractivity contribution in [1.29, 1.82) is 0 Å². The number of carbonyl (C=O) groups excluding carboxylic acids is 1. The van der Waals surface area contributed by atoms with Crippen LogP contribution in [0.5, 0.6) is 0 Å². The van der Waals surface area contributed by atoms with E-state index < -0.39 is 0 Å². The zero-order valence-corrected chi connectivity index (χ0v) is 11.4. The summed E-state index contributed by atoms with van der Waals surface area (Å²) < 4.78 is 0. The summed E-state index contributed by atoms with van der Waals surface area (Å²) in [6.07, 6.45) is 7.10. The molecule has 0 saturated heterocycles. The highest BCUT2D eigenvalue weighted by atomic mass is 16.1. The third kappa shape index (κ3) is 2.90. The van der Waals surface area contributed by atoms with Crippen LogP contribution in [0, 0.1) is 5.92 Å². The highest BCUT2D eigenvalue weighted by Gasteiger charge is 2.23. The van der Waals surface area contributed by atoms with Crippen LogP contribution in [0.1, 0.15) is 23.4 Å². The number of aryl methyl sites for hydroxylation is 1. The molecule has 1 amide bonds. The molecule has 0 fully saturated rings. The Hall–Kier alpha value is -2.10. The summed E-state index contributed by atoms with van der Waals surface area (Å²) in [5.74, 6) is 1.20. The number of aromatic amines is 1. The number of aromatic nitrogens is 2. The van der Waals surface area contributed by atoms with E-state index in [1.54, 1.807) is 12.4 Å². The lowest BCUT2D eigenvalue weighted by Gasteiger charge is -2.23. The van der Waals surface area contributed by atoms with E-state index in [-0.39, 0.29) is 11.8 Å². The second-order valence-corrected chi connectivity index (χ2v) is 5.29. The van der Waals surface area contributed by atoms with Crippen LogP contribution in [0.25, 0.3) is 0 Å². The first-order valence-corrected chi connectivity index (χ1v) is 7.15. The van der Waals surface area contributed by atoms with Gasteiger partial charge in [-0.1, -0.05) is 24.3 Å². The van der Waals surface area contributed by atoms with Gasteiger partial charge in [-0.2, -0.15) is 0 Å². The van der Waals surface area contributed by atoms with Crippen LogP contribution in [0.2, 0.25) is 0 Å². The summed E-state index contributed by atoms with van der Waals surface area (Å²) in [5.41, 5.74) is 2.72. The van der Waals surface area contributed by atoms with Gasteiger partial charge in [0, 0.05) is 31.3 Å². The van der Waals surface area contributed by atoms with Crippen LogP contribution in [0.3, 0.4) is 0 Å². The fourth-order valence-corrected chi connectivity index (χ4v) is 2.80. The Morgan fingerprint density at radius 3 is 3.00 bits per heavy atom. The van der Waals surface area contributed by atoms with E-state index in [9.17, 15) is 4.79 Å². The maximum absolute atomic E-state index is 12.2. The van der Waals surface area contributed by atoms with E-state index in [1.807, 2.05) is 0 Å². The van der Waals surface area contributed by atoms with Crippen molar-refractivity contribution in [1.82, 2.24) is 15.3 Å². The van der Waals surface area contributed by atoms with Gasteiger partial charge in [0.15, 0.2) is 0 Å². The summed E-state index contributed by atoms with van der Waals surface area (Å²) in [5, 5.41) is 3.02. The highest BCUT2D eigenvalue weighted by Crippen LogP contribution is 2.25. The van der Waals surface area contributed by atoms with E-state index in [0.717, 1.165) is 31.5 Å². The lowest BCUT2D eigenvalue weighted by atomic mass is 9.83. The first-order valence-electron chi connectivity index (χ1n) is 7.15. The molecule has 1 aliphatic rings. The lowest BCUT2D eigenvalue weighted by molar-refractivity contribution is -0.125. The molecular formula is C16H19N3O. The van der Waals surface area contributed by atoms with Crippen molar-refractivity contribution in [3.05, 3.63) is 53.6 Å². The number of nitrogens with one attached hydrogen (secondary N) is 2. The van der Waals surface area contributed by atoms with Gasteiger partial charge in [0.1, 0.15) is 5.82 Å². The van der Waals surface area contributed by atoms with Crippen LogP contribution < -0.4 is 5.32 Å². The molecule has 1 aromatic carbocycles. The number of hydrogen-bond acceptors (Lipinski definition) is 2. The number of benzene rings is 1. The molecule has 0 radical (unpaired) electrons. The Kier molecular flexibility index (Phi) is 3.81. The second-order valence-electron chi connectivity index (χ2n) is 5.29. The number of H-pyrrole nitrogens is 1. The Morgan fingerprint density at radius 2 is 2.20 bits per heavy atom. The predicted octanol–water partition coefficient (Wildman–Crippen LogP) is 1.87. The predicted molar refractivity (Wildman–Crippen MR) is 77.3 cm³/mol. The molecule has 1 aromatic heterocycles. The number of amides is 1. The monoisotopic (exact) mass is 269 g/mol. The van der Waals surface area contributed by atoms with E-state index in [4.69, 9.17) is 0 Å². The topological polar surface area (TPSA) is 57.8 Å². The first kappa shape index (κ1) is 12.9. The quantitative estimate of drug-likeness (QED) is 0.890. The van der Waals surface area contributed by atoms with Gasteiger partial charge in [-0.25, -0.2) is 4.98 Å². The molecule has 20 heavy (non-hydrogen) atoms. The molecular weight excluding hydrogens is 250 g/mol. The van der Waals surface area contributed by atoms with Crippen LogP contribution in [0.15, 0.2) is 36.7 Å². The standard InChI is InChI=1S/C16H19N3O/c20-16(19-8-7-15-17-9-10-18-15)14-6-5-12-3-1-2-4-13(12)11-14/h1-4,9-10,14H,5-8,11H2,(H,17,18)(H,19,20). The smallest absolute Gasteiger partial charge is 0.223 e. The number of hydrogen-bond donors (Lipinski definition) is 2. The Bertz CT molecular complexity index is 577. The Labute approximate surface area is 118 Å². The summed E-state index contributed by atoms with van der Waals surface area (Å²) >= 11 is 0. The summed E-state index contributed by atoms with van der Waals surface area (Å²) in [4.78, 5) is 19.4. The molecule has 2 N–H and O–H groups in total. The van der Waals surface area contributed by atoms with Gasteiger partial charge < -0.3 is 10.3 Å². The zero-order valence-electron chi connectivity index (χ0n) is 11.4. The normalized spacial score (nSPS) is 17.5. The van der Waals surface area contributed by atoms with Gasteiger partial charge >= 0.3 is 0 Å². The van der Waals surface area contributed by atoms with Gasteiger partial charge in [-0.3, -0.25) is 4.79 Å². The average Bonchev–Trinajstić information content (AvgIpc) is 3.00. The molecule has 3 rings (SSSR count). The summed E-state index contributed by atoms with van der Waals surface area (Å²) in [7, 11) is 0. The van der Waals surface area contributed by atoms with Crippen molar-refractivity contribution in [2.75, 3.05) is 6.54 Å². The van der Waals surface area contributed by atoms with Crippen LogP contribution in [-0.4, -0.2) is 22.4 Å². The number of fused-ring (bicyclic) bond motifs is 1. The molecule has 0 bridgehead atoms. The molecule has 0 saturated carbocycles. The van der Waals surface area contributed by atoms with Crippen molar-refractivity contribution in [3.63, 3.8) is 0 Å². The number of nitrogens with zero attached hydrogens (tertiary/aromatic N) is 1. The number of rotatable bonds is 4. The lowest BCUT2D eigenvalue weighted by Crippen LogP contribution is -2.35. The van der Waals surface area contributed by atoms with Crippen LogP contribution in [-0.2, 0) is 24.1 Å². The zero-order chi connectivity index (χ0) is 13.8. The number of carbonyl (C=O) groups is 1. The van der Waals surface area contributed by atoms with E-state index in [0.29, 0.717) is 6.54 Å². The molecule has 1 aliphatic carbocycles. The van der Waals surface area contributed by atoms with Gasteiger partial charge in [-0.15, -0.1) is 0 Å².